The molecule has 0 radical (unpaired) electrons. The third-order valence-electron chi connectivity index (χ3n) is 2.17. The Labute approximate surface area is 99.4 Å². The molecule has 94 valence electrons. The first-order valence-electron chi connectivity index (χ1n) is 5.50. The Hall–Kier alpha value is -1.62. The van der Waals surface area contributed by atoms with Crippen LogP contribution in [-0.4, -0.2) is 30.8 Å². The Kier molecular flexibility index (Phi) is 5.42. The maximum atomic E-state index is 13.3. The smallest absolute Gasteiger partial charge is 0.258 e. The first kappa shape index (κ1) is 13.4. The van der Waals surface area contributed by atoms with Gasteiger partial charge in [0.05, 0.1) is 0 Å². The number of carbonyl (C=O) groups is 1. The van der Waals surface area contributed by atoms with Gasteiger partial charge in [0.1, 0.15) is 17.1 Å². The summed E-state index contributed by atoms with van der Waals surface area (Å²) in [5.41, 5.74) is -0.316. The molecule has 0 bridgehead atoms. The second-order valence-corrected chi connectivity index (χ2v) is 3.44. The summed E-state index contributed by atoms with van der Waals surface area (Å²) >= 11 is 0. The highest BCUT2D eigenvalue weighted by molar-refractivity contribution is 5.97. The second kappa shape index (κ2) is 6.85. The van der Waals surface area contributed by atoms with E-state index in [2.05, 4.69) is 5.32 Å². The minimum Gasteiger partial charge on any atom is -0.507 e. The van der Waals surface area contributed by atoms with Crippen molar-refractivity contribution in [3.05, 3.63) is 29.6 Å². The fourth-order valence-corrected chi connectivity index (χ4v) is 1.35. The van der Waals surface area contributed by atoms with E-state index in [-0.39, 0.29) is 11.3 Å². The third kappa shape index (κ3) is 4.03. The number of aromatic hydroxyl groups is 1. The van der Waals surface area contributed by atoms with Crippen molar-refractivity contribution < 1.29 is 19.0 Å². The van der Waals surface area contributed by atoms with Gasteiger partial charge in [0.2, 0.25) is 0 Å². The highest BCUT2D eigenvalue weighted by atomic mass is 19.1. The number of hydrogen-bond donors (Lipinski definition) is 2. The van der Waals surface area contributed by atoms with Gasteiger partial charge < -0.3 is 15.2 Å². The Bertz CT molecular complexity index is 362. The van der Waals surface area contributed by atoms with Crippen molar-refractivity contribution in [2.24, 2.45) is 0 Å². The number of phenols is 1. The molecule has 0 atom stereocenters. The molecule has 0 spiro atoms. The van der Waals surface area contributed by atoms with Gasteiger partial charge in [0, 0.05) is 19.8 Å². The molecule has 0 saturated heterocycles. The Morgan fingerprint density at radius 2 is 2.29 bits per heavy atom. The summed E-state index contributed by atoms with van der Waals surface area (Å²) in [7, 11) is 0. The Morgan fingerprint density at radius 1 is 1.53 bits per heavy atom. The second-order valence-electron chi connectivity index (χ2n) is 3.44. The maximum Gasteiger partial charge on any atom is 0.258 e. The van der Waals surface area contributed by atoms with Gasteiger partial charge in [0.25, 0.3) is 5.91 Å². The molecule has 0 heterocycles. The highest BCUT2D eigenvalue weighted by Gasteiger charge is 2.15. The Morgan fingerprint density at radius 3 is 2.94 bits per heavy atom. The van der Waals surface area contributed by atoms with E-state index >= 15 is 0 Å². The van der Waals surface area contributed by atoms with Crippen LogP contribution in [0.15, 0.2) is 18.2 Å². The molecule has 0 aliphatic rings. The van der Waals surface area contributed by atoms with Crippen molar-refractivity contribution in [2.75, 3.05) is 19.8 Å². The lowest BCUT2D eigenvalue weighted by Crippen LogP contribution is -2.26. The molecule has 4 nitrogen and oxygen atoms in total. The van der Waals surface area contributed by atoms with Gasteiger partial charge in [-0.1, -0.05) is 6.07 Å². The lowest BCUT2D eigenvalue weighted by molar-refractivity contribution is 0.0937. The van der Waals surface area contributed by atoms with E-state index in [4.69, 9.17) is 4.74 Å². The van der Waals surface area contributed by atoms with Crippen molar-refractivity contribution in [1.82, 2.24) is 5.32 Å². The molecule has 0 aliphatic heterocycles. The molecule has 17 heavy (non-hydrogen) atoms. The number of halogens is 1. The summed E-state index contributed by atoms with van der Waals surface area (Å²) in [4.78, 5) is 11.6. The lowest BCUT2D eigenvalue weighted by atomic mass is 10.1. The van der Waals surface area contributed by atoms with Crippen LogP contribution in [0.1, 0.15) is 23.7 Å². The molecular weight excluding hydrogens is 225 g/mol. The standard InChI is InChI=1S/C12H16FNO3/c1-2-17-8-4-7-14-12(16)11-9(13)5-3-6-10(11)15/h3,5-6,15H,2,4,7-8H2,1H3,(H,14,16). The van der Waals surface area contributed by atoms with E-state index in [0.717, 1.165) is 6.07 Å². The third-order valence-corrected chi connectivity index (χ3v) is 2.17. The first-order valence-corrected chi connectivity index (χ1v) is 5.50. The molecule has 5 heteroatoms. The van der Waals surface area contributed by atoms with E-state index in [0.29, 0.717) is 26.2 Å². The molecule has 1 aromatic carbocycles. The van der Waals surface area contributed by atoms with Gasteiger partial charge in [-0.2, -0.15) is 0 Å². The van der Waals surface area contributed by atoms with Gasteiger partial charge >= 0.3 is 0 Å². The molecule has 0 aliphatic carbocycles. The number of benzene rings is 1. The minimum atomic E-state index is -0.729. The van der Waals surface area contributed by atoms with Gasteiger partial charge in [0.15, 0.2) is 0 Å². The van der Waals surface area contributed by atoms with Gasteiger partial charge in [-0.25, -0.2) is 4.39 Å². The van der Waals surface area contributed by atoms with Crippen LogP contribution in [0.5, 0.6) is 5.75 Å². The highest BCUT2D eigenvalue weighted by Crippen LogP contribution is 2.19. The summed E-state index contributed by atoms with van der Waals surface area (Å²) in [6, 6.07) is 3.75. The number of amides is 1. The van der Waals surface area contributed by atoms with E-state index in [1.807, 2.05) is 6.92 Å². The molecule has 1 rings (SSSR count). The summed E-state index contributed by atoms with van der Waals surface area (Å²) in [5.74, 6) is -1.70. The Balaban J connectivity index is 2.47. The van der Waals surface area contributed by atoms with Crippen LogP contribution in [0.4, 0.5) is 4.39 Å². The molecule has 0 fully saturated rings. The van der Waals surface area contributed by atoms with Crippen molar-refractivity contribution in [1.29, 1.82) is 0 Å². The molecular formula is C12H16FNO3. The average molecular weight is 241 g/mol. The molecule has 1 aromatic rings. The van der Waals surface area contributed by atoms with Gasteiger partial charge in [-0.15, -0.1) is 0 Å². The lowest BCUT2D eigenvalue weighted by Gasteiger charge is -2.07. The van der Waals surface area contributed by atoms with Crippen LogP contribution in [0.25, 0.3) is 0 Å². The monoisotopic (exact) mass is 241 g/mol. The summed E-state index contributed by atoms with van der Waals surface area (Å²) in [6.45, 7) is 3.44. The number of rotatable bonds is 6. The van der Waals surface area contributed by atoms with Gasteiger partial charge in [-0.3, -0.25) is 4.79 Å². The van der Waals surface area contributed by atoms with Crippen LogP contribution in [-0.2, 0) is 4.74 Å². The zero-order valence-corrected chi connectivity index (χ0v) is 9.70. The molecule has 0 saturated carbocycles. The van der Waals surface area contributed by atoms with Crippen LogP contribution < -0.4 is 5.32 Å². The summed E-state index contributed by atoms with van der Waals surface area (Å²) in [6.07, 6.45) is 0.648. The number of ether oxygens (including phenoxy) is 1. The molecule has 0 unspecified atom stereocenters. The summed E-state index contributed by atoms with van der Waals surface area (Å²) in [5, 5.41) is 11.9. The number of carbonyl (C=O) groups excluding carboxylic acids is 1. The number of phenolic OH excluding ortho intramolecular Hbond substituents is 1. The molecule has 2 N–H and O–H groups in total. The number of nitrogens with one attached hydrogen (secondary N) is 1. The van der Waals surface area contributed by atoms with Crippen LogP contribution >= 0.6 is 0 Å². The normalized spacial score (nSPS) is 10.2. The number of hydrogen-bond acceptors (Lipinski definition) is 3. The molecule has 1 amide bonds. The summed E-state index contributed by atoms with van der Waals surface area (Å²) < 4.78 is 18.4. The van der Waals surface area contributed by atoms with Crippen LogP contribution in [0.3, 0.4) is 0 Å². The van der Waals surface area contributed by atoms with E-state index in [1.165, 1.54) is 12.1 Å². The van der Waals surface area contributed by atoms with Gasteiger partial charge in [-0.05, 0) is 25.5 Å². The van der Waals surface area contributed by atoms with Crippen LogP contribution in [0, 0.1) is 5.82 Å². The SMILES string of the molecule is CCOCCCNC(=O)c1c(O)cccc1F. The van der Waals surface area contributed by atoms with E-state index in [1.54, 1.807) is 0 Å². The van der Waals surface area contributed by atoms with Crippen molar-refractivity contribution in [2.45, 2.75) is 13.3 Å². The zero-order chi connectivity index (χ0) is 12.7. The maximum absolute atomic E-state index is 13.3. The zero-order valence-electron chi connectivity index (χ0n) is 9.70. The predicted molar refractivity (Wildman–Crippen MR) is 61.5 cm³/mol. The van der Waals surface area contributed by atoms with E-state index in [9.17, 15) is 14.3 Å². The van der Waals surface area contributed by atoms with Crippen molar-refractivity contribution in [3.63, 3.8) is 0 Å². The van der Waals surface area contributed by atoms with Crippen LogP contribution in [0.2, 0.25) is 0 Å². The first-order chi connectivity index (χ1) is 8.16. The fourth-order valence-electron chi connectivity index (χ4n) is 1.35. The average Bonchev–Trinajstić information content (AvgIpc) is 2.28. The fraction of sp³-hybridized carbons (Fsp3) is 0.417. The topological polar surface area (TPSA) is 58.6 Å². The largest absolute Gasteiger partial charge is 0.507 e. The van der Waals surface area contributed by atoms with E-state index < -0.39 is 11.7 Å². The molecule has 0 aromatic heterocycles. The van der Waals surface area contributed by atoms with Crippen molar-refractivity contribution >= 4 is 5.91 Å². The van der Waals surface area contributed by atoms with Crippen molar-refractivity contribution in [3.8, 4) is 5.75 Å². The minimum absolute atomic E-state index is 0.316. The predicted octanol–water partition coefficient (Wildman–Crippen LogP) is 1.69. The quantitative estimate of drug-likeness (QED) is 0.745.